The summed E-state index contributed by atoms with van der Waals surface area (Å²) in [6.45, 7) is 7.22. The number of rotatable bonds is 8. The number of amides is 3. The highest BCUT2D eigenvalue weighted by molar-refractivity contribution is 6.34. The maximum absolute atomic E-state index is 13.7. The lowest BCUT2D eigenvalue weighted by atomic mass is 10.00. The Morgan fingerprint density at radius 2 is 1.64 bits per heavy atom. The van der Waals surface area contributed by atoms with Crippen molar-refractivity contribution in [1.29, 1.82) is 0 Å². The average molecular weight is 531 g/mol. The van der Waals surface area contributed by atoms with Crippen molar-refractivity contribution in [3.05, 3.63) is 76.0 Å². The number of halogens is 2. The van der Waals surface area contributed by atoms with E-state index in [4.69, 9.17) is 27.7 Å². The number of anilines is 2. The molecule has 0 saturated heterocycles. The Morgan fingerprint density at radius 3 is 2.22 bits per heavy atom. The Labute approximate surface area is 219 Å². The quantitative estimate of drug-likeness (QED) is 0.388. The number of para-hydroxylation sites is 1. The first-order valence-corrected chi connectivity index (χ1v) is 12.1. The van der Waals surface area contributed by atoms with Gasteiger partial charge in [0.15, 0.2) is 5.82 Å². The summed E-state index contributed by atoms with van der Waals surface area (Å²) in [5.74, 6) is -0.552. The summed E-state index contributed by atoms with van der Waals surface area (Å²) >= 11 is 13.0. The summed E-state index contributed by atoms with van der Waals surface area (Å²) < 4.78 is 4.95. The topological polar surface area (TPSA) is 105 Å². The molecule has 1 heterocycles. The maximum atomic E-state index is 13.7. The minimum atomic E-state index is -1.13. The van der Waals surface area contributed by atoms with Gasteiger partial charge in [0, 0.05) is 35.0 Å². The second kappa shape index (κ2) is 11.6. The van der Waals surface area contributed by atoms with Crippen molar-refractivity contribution >= 4 is 52.4 Å². The molecule has 3 rings (SSSR count). The first-order chi connectivity index (χ1) is 17.0. The van der Waals surface area contributed by atoms with Crippen LogP contribution in [0.2, 0.25) is 10.0 Å². The summed E-state index contributed by atoms with van der Waals surface area (Å²) in [6.07, 6.45) is -0.348. The van der Waals surface area contributed by atoms with Crippen molar-refractivity contribution in [2.45, 2.75) is 52.1 Å². The Balaban J connectivity index is 1.98. The fraction of sp³-hybridized carbons (Fsp3) is 0.308. The van der Waals surface area contributed by atoms with Crippen molar-refractivity contribution in [3.63, 3.8) is 0 Å². The third kappa shape index (κ3) is 7.08. The summed E-state index contributed by atoms with van der Waals surface area (Å²) in [6, 6.07) is 14.0. The molecule has 8 nitrogen and oxygen atoms in total. The van der Waals surface area contributed by atoms with Gasteiger partial charge in [-0.25, -0.2) is 0 Å². The van der Waals surface area contributed by atoms with Gasteiger partial charge in [-0.05, 0) is 45.9 Å². The van der Waals surface area contributed by atoms with Gasteiger partial charge in [0.25, 0.3) is 0 Å². The molecule has 0 saturated carbocycles. The molecule has 3 aromatic rings. The molecular formula is C26H28Cl2N4O4. The van der Waals surface area contributed by atoms with Crippen LogP contribution in [0.25, 0.3) is 0 Å². The van der Waals surface area contributed by atoms with E-state index in [0.717, 1.165) is 0 Å². The zero-order chi connectivity index (χ0) is 26.5. The van der Waals surface area contributed by atoms with Crippen LogP contribution in [-0.2, 0) is 14.4 Å². The summed E-state index contributed by atoms with van der Waals surface area (Å²) in [7, 11) is 0. The molecule has 0 fully saturated rings. The lowest BCUT2D eigenvalue weighted by Crippen LogP contribution is -2.49. The molecule has 0 spiro atoms. The van der Waals surface area contributed by atoms with E-state index in [1.165, 1.54) is 4.90 Å². The molecule has 2 N–H and O–H groups in total. The number of aryl methyl sites for hydroxylation is 1. The maximum Gasteiger partial charge on any atom is 0.248 e. The fourth-order valence-electron chi connectivity index (χ4n) is 3.57. The predicted molar refractivity (Wildman–Crippen MR) is 140 cm³/mol. The zero-order valence-electron chi connectivity index (χ0n) is 20.5. The lowest BCUT2D eigenvalue weighted by Gasteiger charge is -2.34. The van der Waals surface area contributed by atoms with Crippen LogP contribution in [0.4, 0.5) is 11.5 Å². The molecule has 0 unspecified atom stereocenters. The molecule has 1 aromatic heterocycles. The first kappa shape index (κ1) is 27.2. The van der Waals surface area contributed by atoms with Crippen LogP contribution in [0.15, 0.2) is 59.1 Å². The van der Waals surface area contributed by atoms with E-state index in [9.17, 15) is 14.4 Å². The SMILES string of the molecule is Cc1cc(NC(=O)CCC(=O)N(c2ccccc2Cl)[C@@H](C(=O)NC(C)(C)C)c2ccccc2Cl)no1. The number of nitrogens with one attached hydrogen (secondary N) is 2. The minimum Gasteiger partial charge on any atom is -0.360 e. The first-order valence-electron chi connectivity index (χ1n) is 11.3. The van der Waals surface area contributed by atoms with E-state index in [2.05, 4.69) is 15.8 Å². The molecule has 0 bridgehead atoms. The molecule has 1 atom stereocenters. The fourth-order valence-corrected chi connectivity index (χ4v) is 4.03. The van der Waals surface area contributed by atoms with Crippen molar-refractivity contribution < 1.29 is 18.9 Å². The van der Waals surface area contributed by atoms with E-state index in [0.29, 0.717) is 22.0 Å². The number of hydrogen-bond donors (Lipinski definition) is 2. The molecule has 2 aromatic carbocycles. The smallest absolute Gasteiger partial charge is 0.248 e. The number of benzene rings is 2. The molecule has 3 amide bonds. The van der Waals surface area contributed by atoms with Gasteiger partial charge in [-0.15, -0.1) is 0 Å². The van der Waals surface area contributed by atoms with E-state index < -0.39 is 29.3 Å². The Hall–Kier alpha value is -3.36. The normalized spacial score (nSPS) is 12.1. The molecule has 36 heavy (non-hydrogen) atoms. The van der Waals surface area contributed by atoms with Crippen LogP contribution in [-0.4, -0.2) is 28.4 Å². The second-order valence-electron chi connectivity index (χ2n) is 9.25. The third-order valence-corrected chi connectivity index (χ3v) is 5.71. The predicted octanol–water partition coefficient (Wildman–Crippen LogP) is 5.70. The van der Waals surface area contributed by atoms with Gasteiger partial charge in [0.2, 0.25) is 17.7 Å². The molecule has 0 aliphatic heterocycles. The molecular weight excluding hydrogens is 503 g/mol. The van der Waals surface area contributed by atoms with E-state index in [1.807, 2.05) is 20.8 Å². The van der Waals surface area contributed by atoms with Crippen LogP contribution < -0.4 is 15.5 Å². The summed E-state index contributed by atoms with van der Waals surface area (Å²) in [4.78, 5) is 41.1. The van der Waals surface area contributed by atoms with Crippen LogP contribution in [0.5, 0.6) is 0 Å². The summed E-state index contributed by atoms with van der Waals surface area (Å²) in [5, 5.41) is 9.84. The van der Waals surface area contributed by atoms with Crippen molar-refractivity contribution in [2.75, 3.05) is 10.2 Å². The van der Waals surface area contributed by atoms with Crippen LogP contribution >= 0.6 is 23.2 Å². The number of carbonyl (C=O) groups is 3. The monoisotopic (exact) mass is 530 g/mol. The molecule has 0 aliphatic carbocycles. The highest BCUT2D eigenvalue weighted by Crippen LogP contribution is 2.36. The number of nitrogens with zero attached hydrogens (tertiary/aromatic N) is 2. The van der Waals surface area contributed by atoms with Crippen LogP contribution in [0.3, 0.4) is 0 Å². The van der Waals surface area contributed by atoms with Gasteiger partial charge in [0.05, 0.1) is 10.7 Å². The Morgan fingerprint density at radius 1 is 1.00 bits per heavy atom. The Kier molecular flexibility index (Phi) is 8.76. The number of aromatic nitrogens is 1. The van der Waals surface area contributed by atoms with E-state index in [-0.39, 0.29) is 23.7 Å². The molecule has 0 aliphatic rings. The zero-order valence-corrected chi connectivity index (χ0v) is 22.0. The molecule has 190 valence electrons. The third-order valence-electron chi connectivity index (χ3n) is 5.05. The second-order valence-corrected chi connectivity index (χ2v) is 10.1. The highest BCUT2D eigenvalue weighted by atomic mass is 35.5. The van der Waals surface area contributed by atoms with Crippen molar-refractivity contribution in [1.82, 2.24) is 10.5 Å². The van der Waals surface area contributed by atoms with Gasteiger partial charge >= 0.3 is 0 Å². The van der Waals surface area contributed by atoms with Crippen molar-refractivity contribution in [3.8, 4) is 0 Å². The van der Waals surface area contributed by atoms with Crippen molar-refractivity contribution in [2.24, 2.45) is 0 Å². The lowest BCUT2D eigenvalue weighted by molar-refractivity contribution is -0.128. The average Bonchev–Trinajstić information content (AvgIpc) is 3.20. The van der Waals surface area contributed by atoms with Gasteiger partial charge in [-0.1, -0.05) is 58.7 Å². The van der Waals surface area contributed by atoms with E-state index in [1.54, 1.807) is 61.5 Å². The van der Waals surface area contributed by atoms with Crippen LogP contribution in [0.1, 0.15) is 51.0 Å². The van der Waals surface area contributed by atoms with Gasteiger partial charge in [0.1, 0.15) is 11.8 Å². The molecule has 10 heteroatoms. The largest absolute Gasteiger partial charge is 0.360 e. The molecule has 0 radical (unpaired) electrons. The Bertz CT molecular complexity index is 1250. The number of hydrogen-bond acceptors (Lipinski definition) is 5. The van der Waals surface area contributed by atoms with Gasteiger partial charge < -0.3 is 15.2 Å². The highest BCUT2D eigenvalue weighted by Gasteiger charge is 2.36. The van der Waals surface area contributed by atoms with Gasteiger partial charge in [-0.2, -0.15) is 0 Å². The van der Waals surface area contributed by atoms with Crippen LogP contribution in [0, 0.1) is 6.92 Å². The minimum absolute atomic E-state index is 0.151. The standard InChI is InChI=1S/C26H28Cl2N4O4/c1-16-15-21(31-36-16)29-22(33)13-14-23(34)32(20-12-8-7-11-19(20)28)24(25(35)30-26(2,3)4)17-9-5-6-10-18(17)27/h5-12,15,24H,13-14H2,1-4H3,(H,30,35)(H,29,31,33)/t24-/m1/s1. The van der Waals surface area contributed by atoms with E-state index >= 15 is 0 Å². The number of carbonyl (C=O) groups excluding carboxylic acids is 3. The summed E-state index contributed by atoms with van der Waals surface area (Å²) in [5.41, 5.74) is 0.170. The van der Waals surface area contributed by atoms with Gasteiger partial charge in [-0.3, -0.25) is 19.3 Å².